The average molecular weight is 495 g/mol. The van der Waals surface area contributed by atoms with Gasteiger partial charge in [0.2, 0.25) is 5.91 Å². The van der Waals surface area contributed by atoms with Crippen molar-refractivity contribution in [1.82, 2.24) is 10.2 Å². The molecule has 2 atom stereocenters. The van der Waals surface area contributed by atoms with Crippen molar-refractivity contribution in [1.29, 1.82) is 0 Å². The summed E-state index contributed by atoms with van der Waals surface area (Å²) in [5, 5.41) is 2.86. The summed E-state index contributed by atoms with van der Waals surface area (Å²) in [7, 11) is -3.26. The third-order valence-electron chi connectivity index (χ3n) is 5.78. The second kappa shape index (κ2) is 10.0. The highest BCUT2D eigenvalue weighted by Gasteiger charge is 2.32. The van der Waals surface area contributed by atoms with E-state index in [4.69, 9.17) is 0 Å². The Morgan fingerprint density at radius 1 is 1.03 bits per heavy atom. The van der Waals surface area contributed by atoms with Crippen LogP contribution in [0.4, 0.5) is 0 Å². The van der Waals surface area contributed by atoms with Crippen LogP contribution in [0.15, 0.2) is 83.8 Å². The number of rotatable bonds is 7. The van der Waals surface area contributed by atoms with E-state index in [0.29, 0.717) is 17.9 Å². The summed E-state index contributed by atoms with van der Waals surface area (Å²) in [6.45, 7) is 2.40. The molecule has 1 saturated heterocycles. The maximum atomic E-state index is 12.8. The van der Waals surface area contributed by atoms with Crippen molar-refractivity contribution in [3.63, 3.8) is 0 Å². The standard InChI is InChI=1S/C26H26N2O4S2/c1-18(20-12-14-23(15-13-20)34(2,31)32)27-25(30)21-8-10-22(11-9-21)26-28(24(29)17-33-26)16-19-6-4-3-5-7-19/h3-15,18,26H,16-17H2,1-2H3,(H,27,30)/t18-,26-/m0/s1. The molecule has 1 aliphatic heterocycles. The Kier molecular flexibility index (Phi) is 7.09. The topological polar surface area (TPSA) is 83.6 Å². The van der Waals surface area contributed by atoms with Gasteiger partial charge in [0.05, 0.1) is 16.7 Å². The number of thioether (sulfide) groups is 1. The molecule has 0 radical (unpaired) electrons. The first-order chi connectivity index (χ1) is 16.2. The molecule has 0 bridgehead atoms. The van der Waals surface area contributed by atoms with E-state index in [1.54, 1.807) is 48.2 Å². The number of nitrogens with zero attached hydrogens (tertiary/aromatic N) is 1. The zero-order valence-electron chi connectivity index (χ0n) is 19.0. The second-order valence-electron chi connectivity index (χ2n) is 8.33. The van der Waals surface area contributed by atoms with E-state index in [9.17, 15) is 18.0 Å². The maximum Gasteiger partial charge on any atom is 0.251 e. The van der Waals surface area contributed by atoms with Crippen molar-refractivity contribution in [2.24, 2.45) is 0 Å². The minimum Gasteiger partial charge on any atom is -0.346 e. The Balaban J connectivity index is 1.42. The van der Waals surface area contributed by atoms with E-state index in [2.05, 4.69) is 5.32 Å². The molecular formula is C26H26N2O4S2. The number of sulfone groups is 1. The van der Waals surface area contributed by atoms with Gasteiger partial charge in [0.1, 0.15) is 5.37 Å². The molecule has 2 amide bonds. The minimum atomic E-state index is -3.26. The van der Waals surface area contributed by atoms with E-state index >= 15 is 0 Å². The predicted octanol–water partition coefficient (Wildman–Crippen LogP) is 4.36. The van der Waals surface area contributed by atoms with Gasteiger partial charge in [-0.2, -0.15) is 0 Å². The number of amides is 2. The van der Waals surface area contributed by atoms with E-state index < -0.39 is 9.84 Å². The highest BCUT2D eigenvalue weighted by Crippen LogP contribution is 2.39. The van der Waals surface area contributed by atoms with Crippen molar-refractivity contribution in [3.8, 4) is 0 Å². The molecule has 3 aromatic carbocycles. The molecule has 0 spiro atoms. The van der Waals surface area contributed by atoms with Crippen LogP contribution >= 0.6 is 11.8 Å². The number of hydrogen-bond acceptors (Lipinski definition) is 5. The lowest BCUT2D eigenvalue weighted by Gasteiger charge is -2.24. The first-order valence-corrected chi connectivity index (χ1v) is 13.8. The molecule has 0 saturated carbocycles. The summed E-state index contributed by atoms with van der Waals surface area (Å²) >= 11 is 1.59. The van der Waals surface area contributed by atoms with Crippen LogP contribution in [0.2, 0.25) is 0 Å². The molecule has 34 heavy (non-hydrogen) atoms. The van der Waals surface area contributed by atoms with Crippen molar-refractivity contribution in [2.75, 3.05) is 12.0 Å². The molecule has 4 rings (SSSR count). The number of hydrogen-bond donors (Lipinski definition) is 1. The fourth-order valence-electron chi connectivity index (χ4n) is 3.85. The van der Waals surface area contributed by atoms with Crippen molar-refractivity contribution in [2.45, 2.75) is 29.8 Å². The van der Waals surface area contributed by atoms with Crippen LogP contribution in [0.5, 0.6) is 0 Å². The summed E-state index contributed by atoms with van der Waals surface area (Å²) in [6, 6.07) is 23.5. The molecule has 0 aliphatic carbocycles. The van der Waals surface area contributed by atoms with Crippen LogP contribution in [-0.2, 0) is 21.2 Å². The quantitative estimate of drug-likeness (QED) is 0.528. The SMILES string of the molecule is C[C@H](NC(=O)c1ccc([C@@H]2SCC(=O)N2Cc2ccccc2)cc1)c1ccc(S(C)(=O)=O)cc1. The maximum absolute atomic E-state index is 12.8. The van der Waals surface area contributed by atoms with Crippen LogP contribution in [0, 0.1) is 0 Å². The fraction of sp³-hybridized carbons (Fsp3) is 0.231. The van der Waals surface area contributed by atoms with Crippen LogP contribution < -0.4 is 5.32 Å². The van der Waals surface area contributed by atoms with Crippen LogP contribution in [-0.4, -0.2) is 37.1 Å². The normalized spacial score (nSPS) is 16.9. The van der Waals surface area contributed by atoms with Gasteiger partial charge in [-0.05, 0) is 47.9 Å². The molecule has 1 N–H and O–H groups in total. The van der Waals surface area contributed by atoms with Gasteiger partial charge in [0, 0.05) is 18.4 Å². The summed E-state index contributed by atoms with van der Waals surface area (Å²) in [5.74, 6) is 0.328. The molecule has 6 nitrogen and oxygen atoms in total. The number of carbonyl (C=O) groups is 2. The smallest absolute Gasteiger partial charge is 0.251 e. The average Bonchev–Trinajstić information content (AvgIpc) is 3.19. The van der Waals surface area contributed by atoms with Gasteiger partial charge in [-0.1, -0.05) is 54.6 Å². The van der Waals surface area contributed by atoms with E-state index in [1.807, 2.05) is 54.3 Å². The lowest BCUT2D eigenvalue weighted by atomic mass is 10.1. The lowest BCUT2D eigenvalue weighted by Crippen LogP contribution is -2.28. The van der Waals surface area contributed by atoms with Gasteiger partial charge in [-0.15, -0.1) is 11.8 Å². The molecule has 0 aromatic heterocycles. The predicted molar refractivity (Wildman–Crippen MR) is 134 cm³/mol. The third-order valence-corrected chi connectivity index (χ3v) is 8.16. The Bertz CT molecular complexity index is 1270. The third kappa shape index (κ3) is 5.51. The molecule has 3 aromatic rings. The Hall–Kier alpha value is -3.10. The Morgan fingerprint density at radius 3 is 2.29 bits per heavy atom. The van der Waals surface area contributed by atoms with Gasteiger partial charge in [-0.3, -0.25) is 9.59 Å². The van der Waals surface area contributed by atoms with E-state index in [0.717, 1.165) is 22.9 Å². The highest BCUT2D eigenvalue weighted by molar-refractivity contribution is 8.00. The number of nitrogens with one attached hydrogen (secondary N) is 1. The van der Waals surface area contributed by atoms with Gasteiger partial charge in [0.15, 0.2) is 9.84 Å². The molecular weight excluding hydrogens is 468 g/mol. The van der Waals surface area contributed by atoms with Crippen LogP contribution in [0.25, 0.3) is 0 Å². The van der Waals surface area contributed by atoms with Crippen LogP contribution in [0.3, 0.4) is 0 Å². The molecule has 1 heterocycles. The van der Waals surface area contributed by atoms with Gasteiger partial charge < -0.3 is 10.2 Å². The Labute approximate surface area is 204 Å². The zero-order valence-corrected chi connectivity index (χ0v) is 20.6. The molecule has 1 fully saturated rings. The highest BCUT2D eigenvalue weighted by atomic mass is 32.2. The van der Waals surface area contributed by atoms with Gasteiger partial charge >= 0.3 is 0 Å². The number of carbonyl (C=O) groups excluding carboxylic acids is 2. The largest absolute Gasteiger partial charge is 0.346 e. The molecule has 8 heteroatoms. The molecule has 176 valence electrons. The Morgan fingerprint density at radius 2 is 1.68 bits per heavy atom. The van der Waals surface area contributed by atoms with Crippen molar-refractivity contribution >= 4 is 33.4 Å². The fourth-order valence-corrected chi connectivity index (χ4v) is 5.67. The second-order valence-corrected chi connectivity index (χ2v) is 11.4. The molecule has 1 aliphatic rings. The first-order valence-electron chi connectivity index (χ1n) is 10.9. The minimum absolute atomic E-state index is 0.0860. The molecule has 0 unspecified atom stereocenters. The zero-order chi connectivity index (χ0) is 24.3. The van der Waals surface area contributed by atoms with Crippen molar-refractivity contribution < 1.29 is 18.0 Å². The van der Waals surface area contributed by atoms with Gasteiger partial charge in [-0.25, -0.2) is 8.42 Å². The monoisotopic (exact) mass is 494 g/mol. The summed E-state index contributed by atoms with van der Waals surface area (Å²) in [6.07, 6.45) is 1.16. The first kappa shape index (κ1) is 24.0. The summed E-state index contributed by atoms with van der Waals surface area (Å²) in [4.78, 5) is 27.4. The van der Waals surface area contributed by atoms with Crippen molar-refractivity contribution in [3.05, 3.63) is 101 Å². The van der Waals surface area contributed by atoms with Crippen LogP contribution in [0.1, 0.15) is 45.4 Å². The summed E-state index contributed by atoms with van der Waals surface area (Å²) in [5.41, 5.74) is 3.40. The summed E-state index contributed by atoms with van der Waals surface area (Å²) < 4.78 is 23.3. The number of benzene rings is 3. The lowest BCUT2D eigenvalue weighted by molar-refractivity contribution is -0.128. The van der Waals surface area contributed by atoms with E-state index in [-0.39, 0.29) is 28.1 Å². The van der Waals surface area contributed by atoms with Gasteiger partial charge in [0.25, 0.3) is 5.91 Å². The van der Waals surface area contributed by atoms with E-state index in [1.165, 1.54) is 0 Å².